The van der Waals surface area contributed by atoms with Crippen LogP contribution >= 0.6 is 0 Å². The van der Waals surface area contributed by atoms with Gasteiger partial charge >= 0.3 is 0 Å². The second-order valence-corrected chi connectivity index (χ2v) is 3.88. The second-order valence-electron chi connectivity index (χ2n) is 3.88. The molecule has 0 unspecified atom stereocenters. The maximum absolute atomic E-state index is 13.1. The Labute approximate surface area is 104 Å². The summed E-state index contributed by atoms with van der Waals surface area (Å²) in [6.45, 7) is 0.568. The Morgan fingerprint density at radius 2 is 1.94 bits per heavy atom. The molecule has 1 aromatic carbocycles. The summed E-state index contributed by atoms with van der Waals surface area (Å²) >= 11 is 0. The molecule has 0 aliphatic heterocycles. The van der Waals surface area contributed by atoms with Crippen LogP contribution in [0.2, 0.25) is 0 Å². The van der Waals surface area contributed by atoms with Gasteiger partial charge in [-0.05, 0) is 37.2 Å². The zero-order valence-corrected chi connectivity index (χ0v) is 9.74. The average Bonchev–Trinajstić information content (AvgIpc) is 2.40. The lowest BCUT2D eigenvalue weighted by molar-refractivity contribution is 0.509. The molecule has 1 heterocycles. The molecular formula is C13H13F2N3. The Balaban J connectivity index is 2.29. The van der Waals surface area contributed by atoms with E-state index in [2.05, 4.69) is 9.97 Å². The topological polar surface area (TPSA) is 51.8 Å². The summed E-state index contributed by atoms with van der Waals surface area (Å²) in [6.07, 6.45) is 3.07. The van der Waals surface area contributed by atoms with Crippen LogP contribution in [0.25, 0.3) is 11.3 Å². The van der Waals surface area contributed by atoms with Crippen molar-refractivity contribution < 1.29 is 8.78 Å². The zero-order valence-electron chi connectivity index (χ0n) is 9.74. The van der Waals surface area contributed by atoms with Crippen LogP contribution in [0.1, 0.15) is 12.2 Å². The standard InChI is InChI=1S/C13H13F2N3/c14-10-4-3-9(8-11(10)15)12-5-7-17-13(18-12)2-1-6-16/h3-5,7-8H,1-2,6,16H2. The predicted octanol–water partition coefficient (Wildman–Crippen LogP) is 2.31. The molecule has 2 N–H and O–H groups in total. The molecule has 0 amide bonds. The molecule has 0 bridgehead atoms. The first-order valence-electron chi connectivity index (χ1n) is 5.68. The van der Waals surface area contributed by atoms with Crippen LogP contribution in [-0.2, 0) is 6.42 Å². The van der Waals surface area contributed by atoms with E-state index in [-0.39, 0.29) is 0 Å². The first kappa shape index (κ1) is 12.6. The summed E-state index contributed by atoms with van der Waals surface area (Å²) in [5.41, 5.74) is 6.53. The summed E-state index contributed by atoms with van der Waals surface area (Å²) in [7, 11) is 0. The van der Waals surface area contributed by atoms with Crippen molar-refractivity contribution in [1.29, 1.82) is 0 Å². The third kappa shape index (κ3) is 2.87. The highest BCUT2D eigenvalue weighted by molar-refractivity contribution is 5.58. The van der Waals surface area contributed by atoms with Crippen molar-refractivity contribution in [2.24, 2.45) is 5.73 Å². The van der Waals surface area contributed by atoms with Crippen molar-refractivity contribution in [1.82, 2.24) is 9.97 Å². The molecule has 0 atom stereocenters. The summed E-state index contributed by atoms with van der Waals surface area (Å²) in [5.74, 6) is -1.09. The largest absolute Gasteiger partial charge is 0.330 e. The number of nitrogens with zero attached hydrogens (tertiary/aromatic N) is 2. The summed E-state index contributed by atoms with van der Waals surface area (Å²) < 4.78 is 26.0. The lowest BCUT2D eigenvalue weighted by Gasteiger charge is -2.04. The molecule has 3 nitrogen and oxygen atoms in total. The van der Waals surface area contributed by atoms with E-state index >= 15 is 0 Å². The van der Waals surface area contributed by atoms with Crippen LogP contribution in [0.3, 0.4) is 0 Å². The maximum Gasteiger partial charge on any atom is 0.159 e. The van der Waals surface area contributed by atoms with E-state index < -0.39 is 11.6 Å². The van der Waals surface area contributed by atoms with Gasteiger partial charge in [0.2, 0.25) is 0 Å². The molecule has 18 heavy (non-hydrogen) atoms. The average molecular weight is 249 g/mol. The minimum Gasteiger partial charge on any atom is -0.330 e. The van der Waals surface area contributed by atoms with E-state index in [9.17, 15) is 8.78 Å². The smallest absolute Gasteiger partial charge is 0.159 e. The predicted molar refractivity (Wildman–Crippen MR) is 64.8 cm³/mol. The summed E-state index contributed by atoms with van der Waals surface area (Å²) in [5, 5.41) is 0. The molecule has 94 valence electrons. The minimum atomic E-state index is -0.880. The van der Waals surface area contributed by atoms with Crippen molar-refractivity contribution in [3.05, 3.63) is 47.9 Å². The quantitative estimate of drug-likeness (QED) is 0.904. The Morgan fingerprint density at radius 1 is 1.11 bits per heavy atom. The molecule has 2 aromatic rings. The Bertz CT molecular complexity index is 544. The van der Waals surface area contributed by atoms with Gasteiger partial charge in [0.1, 0.15) is 5.82 Å². The molecular weight excluding hydrogens is 236 g/mol. The first-order valence-corrected chi connectivity index (χ1v) is 5.68. The highest BCUT2D eigenvalue weighted by Crippen LogP contribution is 2.19. The van der Waals surface area contributed by atoms with Crippen LogP contribution < -0.4 is 5.73 Å². The van der Waals surface area contributed by atoms with Gasteiger partial charge in [-0.15, -0.1) is 0 Å². The molecule has 1 aromatic heterocycles. The number of nitrogens with two attached hydrogens (primary N) is 1. The van der Waals surface area contributed by atoms with Gasteiger partial charge in [0.05, 0.1) is 5.69 Å². The number of hydrogen-bond acceptors (Lipinski definition) is 3. The lowest BCUT2D eigenvalue weighted by atomic mass is 10.1. The fourth-order valence-corrected chi connectivity index (χ4v) is 1.60. The lowest BCUT2D eigenvalue weighted by Crippen LogP contribution is -2.03. The normalized spacial score (nSPS) is 10.6. The SMILES string of the molecule is NCCCc1nccc(-c2ccc(F)c(F)c2)n1. The highest BCUT2D eigenvalue weighted by atomic mass is 19.2. The van der Waals surface area contributed by atoms with E-state index in [4.69, 9.17) is 5.73 Å². The Morgan fingerprint density at radius 3 is 2.67 bits per heavy atom. The molecule has 0 aliphatic rings. The van der Waals surface area contributed by atoms with Gasteiger partial charge in [0, 0.05) is 18.2 Å². The van der Waals surface area contributed by atoms with Gasteiger partial charge in [-0.1, -0.05) is 0 Å². The van der Waals surface area contributed by atoms with Crippen molar-refractivity contribution in [3.8, 4) is 11.3 Å². The van der Waals surface area contributed by atoms with E-state index in [1.807, 2.05) is 0 Å². The van der Waals surface area contributed by atoms with Gasteiger partial charge in [0.15, 0.2) is 11.6 Å². The number of aryl methyl sites for hydroxylation is 1. The monoisotopic (exact) mass is 249 g/mol. The van der Waals surface area contributed by atoms with Crippen LogP contribution in [0, 0.1) is 11.6 Å². The fourth-order valence-electron chi connectivity index (χ4n) is 1.60. The molecule has 0 saturated carbocycles. The van der Waals surface area contributed by atoms with Crippen molar-refractivity contribution in [3.63, 3.8) is 0 Å². The van der Waals surface area contributed by atoms with Gasteiger partial charge in [-0.25, -0.2) is 18.7 Å². The number of rotatable bonds is 4. The molecule has 2 rings (SSSR count). The number of aromatic nitrogens is 2. The third-order valence-corrected chi connectivity index (χ3v) is 2.53. The Kier molecular flexibility index (Phi) is 3.94. The molecule has 0 aliphatic carbocycles. The molecule has 0 radical (unpaired) electrons. The van der Waals surface area contributed by atoms with Crippen molar-refractivity contribution in [2.45, 2.75) is 12.8 Å². The van der Waals surface area contributed by atoms with E-state index in [1.54, 1.807) is 12.3 Å². The maximum atomic E-state index is 13.1. The Hall–Kier alpha value is -1.88. The second kappa shape index (κ2) is 5.64. The summed E-state index contributed by atoms with van der Waals surface area (Å²) in [6, 6.07) is 5.38. The van der Waals surface area contributed by atoms with Gasteiger partial charge in [-0.3, -0.25) is 0 Å². The molecule has 0 spiro atoms. The fraction of sp³-hybridized carbons (Fsp3) is 0.231. The van der Waals surface area contributed by atoms with Gasteiger partial charge < -0.3 is 5.73 Å². The van der Waals surface area contributed by atoms with E-state index in [0.717, 1.165) is 18.6 Å². The summed E-state index contributed by atoms with van der Waals surface area (Å²) in [4.78, 5) is 8.40. The highest BCUT2D eigenvalue weighted by Gasteiger charge is 2.06. The third-order valence-electron chi connectivity index (χ3n) is 2.53. The van der Waals surface area contributed by atoms with Gasteiger partial charge in [-0.2, -0.15) is 0 Å². The van der Waals surface area contributed by atoms with Gasteiger partial charge in [0.25, 0.3) is 0 Å². The van der Waals surface area contributed by atoms with E-state index in [1.165, 1.54) is 6.07 Å². The van der Waals surface area contributed by atoms with Crippen LogP contribution in [0.5, 0.6) is 0 Å². The van der Waals surface area contributed by atoms with Crippen molar-refractivity contribution >= 4 is 0 Å². The van der Waals surface area contributed by atoms with Crippen molar-refractivity contribution in [2.75, 3.05) is 6.54 Å². The molecule has 0 fully saturated rings. The van der Waals surface area contributed by atoms with Crippen LogP contribution in [-0.4, -0.2) is 16.5 Å². The molecule has 0 saturated heterocycles. The number of hydrogen-bond donors (Lipinski definition) is 1. The van der Waals surface area contributed by atoms with E-state index in [0.29, 0.717) is 30.0 Å². The molecule has 5 heteroatoms. The van der Waals surface area contributed by atoms with Crippen LogP contribution in [0.4, 0.5) is 8.78 Å². The number of halogens is 2. The first-order chi connectivity index (χ1) is 8.70. The zero-order chi connectivity index (χ0) is 13.0. The number of benzene rings is 1. The van der Waals surface area contributed by atoms with Crippen LogP contribution in [0.15, 0.2) is 30.5 Å². The minimum absolute atomic E-state index is 0.533.